The van der Waals surface area contributed by atoms with Crippen LogP contribution in [0.25, 0.3) is 5.65 Å². The van der Waals surface area contributed by atoms with Gasteiger partial charge in [-0.05, 0) is 25.1 Å². The molecule has 1 atom stereocenters. The van der Waals surface area contributed by atoms with Crippen LogP contribution < -0.4 is 5.32 Å². The molecule has 0 amide bonds. The normalized spacial score (nSPS) is 21.3. The van der Waals surface area contributed by atoms with Gasteiger partial charge in [-0.25, -0.2) is 0 Å². The van der Waals surface area contributed by atoms with Crippen LogP contribution in [0.2, 0.25) is 0 Å². The number of nitrogens with one attached hydrogen (secondary N) is 1. The Labute approximate surface area is 95.8 Å². The maximum absolute atomic E-state index is 4.27. The molecule has 4 nitrogen and oxygen atoms in total. The van der Waals surface area contributed by atoms with Crippen molar-refractivity contribution in [1.29, 1.82) is 0 Å². The molecule has 3 rings (SSSR count). The summed E-state index contributed by atoms with van der Waals surface area (Å²) >= 11 is 3.43. The highest BCUT2D eigenvalue weighted by molar-refractivity contribution is 9.10. The van der Waals surface area contributed by atoms with Gasteiger partial charge >= 0.3 is 0 Å². The Morgan fingerprint density at radius 2 is 2.40 bits per heavy atom. The van der Waals surface area contributed by atoms with Gasteiger partial charge in [0.15, 0.2) is 5.65 Å². The standard InChI is InChI=1S/C10H11BrN4/c11-8-2-4-15-9(5-8)13-14-10(15)7-1-3-12-6-7/h2,4-5,7,12H,1,3,6H2. The van der Waals surface area contributed by atoms with E-state index in [1.54, 1.807) is 0 Å². The SMILES string of the molecule is Brc1ccn2c(C3CCNC3)nnc2c1. The van der Waals surface area contributed by atoms with Crippen LogP contribution in [0.3, 0.4) is 0 Å². The Bertz CT molecular complexity index is 487. The first kappa shape index (κ1) is 9.30. The van der Waals surface area contributed by atoms with Crippen LogP contribution in [0.5, 0.6) is 0 Å². The van der Waals surface area contributed by atoms with E-state index < -0.39 is 0 Å². The molecule has 0 saturated carbocycles. The average Bonchev–Trinajstić information content (AvgIpc) is 2.82. The van der Waals surface area contributed by atoms with Crippen LogP contribution in [-0.4, -0.2) is 27.7 Å². The van der Waals surface area contributed by atoms with Crippen molar-refractivity contribution >= 4 is 21.6 Å². The van der Waals surface area contributed by atoms with E-state index in [0.29, 0.717) is 5.92 Å². The minimum atomic E-state index is 0.501. The summed E-state index contributed by atoms with van der Waals surface area (Å²) in [6.07, 6.45) is 3.17. The van der Waals surface area contributed by atoms with E-state index in [2.05, 4.69) is 35.8 Å². The van der Waals surface area contributed by atoms with Gasteiger partial charge in [0.1, 0.15) is 5.82 Å². The number of hydrogen-bond donors (Lipinski definition) is 1. The second-order valence-electron chi connectivity index (χ2n) is 3.82. The number of rotatable bonds is 1. The Kier molecular flexibility index (Phi) is 2.21. The third-order valence-electron chi connectivity index (χ3n) is 2.82. The molecule has 1 fully saturated rings. The quantitative estimate of drug-likeness (QED) is 0.852. The summed E-state index contributed by atoms with van der Waals surface area (Å²) in [7, 11) is 0. The number of pyridine rings is 1. The van der Waals surface area contributed by atoms with Gasteiger partial charge in [0.2, 0.25) is 0 Å². The molecule has 3 heterocycles. The third-order valence-corrected chi connectivity index (χ3v) is 3.32. The van der Waals surface area contributed by atoms with Crippen LogP contribution in [0.1, 0.15) is 18.2 Å². The van der Waals surface area contributed by atoms with E-state index in [1.165, 1.54) is 0 Å². The second kappa shape index (κ2) is 3.57. The molecule has 1 aliphatic rings. The van der Waals surface area contributed by atoms with Gasteiger partial charge in [0.25, 0.3) is 0 Å². The lowest BCUT2D eigenvalue weighted by atomic mass is 10.1. The van der Waals surface area contributed by atoms with Crippen molar-refractivity contribution in [2.24, 2.45) is 0 Å². The predicted octanol–water partition coefficient (Wildman–Crippen LogP) is 1.57. The monoisotopic (exact) mass is 266 g/mol. The van der Waals surface area contributed by atoms with Gasteiger partial charge < -0.3 is 5.32 Å². The number of hydrogen-bond acceptors (Lipinski definition) is 3. The molecule has 78 valence electrons. The summed E-state index contributed by atoms with van der Waals surface area (Å²) in [6.45, 7) is 2.09. The summed E-state index contributed by atoms with van der Waals surface area (Å²) in [6, 6.07) is 4.00. The third kappa shape index (κ3) is 1.55. The molecule has 2 aromatic rings. The van der Waals surface area contributed by atoms with Crippen LogP contribution in [-0.2, 0) is 0 Å². The first-order chi connectivity index (χ1) is 7.34. The zero-order valence-corrected chi connectivity index (χ0v) is 9.74. The van der Waals surface area contributed by atoms with Crippen molar-refractivity contribution in [3.8, 4) is 0 Å². The van der Waals surface area contributed by atoms with E-state index >= 15 is 0 Å². The maximum Gasteiger partial charge on any atom is 0.161 e. The number of aromatic nitrogens is 3. The van der Waals surface area contributed by atoms with Gasteiger partial charge in [0.05, 0.1) is 0 Å². The Morgan fingerprint density at radius 1 is 1.47 bits per heavy atom. The highest BCUT2D eigenvalue weighted by Crippen LogP contribution is 2.22. The molecule has 0 aromatic carbocycles. The maximum atomic E-state index is 4.27. The summed E-state index contributed by atoms with van der Waals surface area (Å²) in [5.41, 5.74) is 0.909. The fourth-order valence-corrected chi connectivity index (χ4v) is 2.36. The number of halogens is 1. The van der Waals surface area contributed by atoms with E-state index in [9.17, 15) is 0 Å². The Morgan fingerprint density at radius 3 is 3.20 bits per heavy atom. The molecule has 0 bridgehead atoms. The van der Waals surface area contributed by atoms with Gasteiger partial charge in [-0.1, -0.05) is 15.9 Å². The molecule has 15 heavy (non-hydrogen) atoms. The van der Waals surface area contributed by atoms with Crippen molar-refractivity contribution in [3.63, 3.8) is 0 Å². The van der Waals surface area contributed by atoms with E-state index in [1.807, 2.05) is 18.3 Å². The van der Waals surface area contributed by atoms with Crippen LogP contribution in [0, 0.1) is 0 Å². The lowest BCUT2D eigenvalue weighted by Crippen LogP contribution is -2.10. The summed E-state index contributed by atoms with van der Waals surface area (Å²) in [4.78, 5) is 0. The molecule has 0 spiro atoms. The van der Waals surface area contributed by atoms with E-state index in [0.717, 1.165) is 35.5 Å². The Balaban J connectivity index is 2.11. The lowest BCUT2D eigenvalue weighted by Gasteiger charge is -2.05. The molecular formula is C10H11BrN4. The molecule has 1 saturated heterocycles. The molecular weight excluding hydrogens is 256 g/mol. The fraction of sp³-hybridized carbons (Fsp3) is 0.400. The van der Waals surface area contributed by atoms with Crippen molar-refractivity contribution in [2.75, 3.05) is 13.1 Å². The molecule has 1 unspecified atom stereocenters. The largest absolute Gasteiger partial charge is 0.316 e. The van der Waals surface area contributed by atoms with E-state index in [4.69, 9.17) is 0 Å². The summed E-state index contributed by atoms with van der Waals surface area (Å²) < 4.78 is 3.11. The second-order valence-corrected chi connectivity index (χ2v) is 4.74. The fourth-order valence-electron chi connectivity index (χ4n) is 2.04. The van der Waals surface area contributed by atoms with Gasteiger partial charge in [-0.2, -0.15) is 0 Å². The van der Waals surface area contributed by atoms with E-state index in [-0.39, 0.29) is 0 Å². The molecule has 0 aliphatic carbocycles. The summed E-state index contributed by atoms with van der Waals surface area (Å²) in [5.74, 6) is 1.57. The number of fused-ring (bicyclic) bond motifs is 1. The minimum absolute atomic E-state index is 0.501. The van der Waals surface area contributed by atoms with Crippen molar-refractivity contribution in [2.45, 2.75) is 12.3 Å². The molecule has 1 N–H and O–H groups in total. The lowest BCUT2D eigenvalue weighted by molar-refractivity contribution is 0.691. The zero-order chi connectivity index (χ0) is 10.3. The average molecular weight is 267 g/mol. The van der Waals surface area contributed by atoms with Crippen molar-refractivity contribution in [1.82, 2.24) is 19.9 Å². The molecule has 0 radical (unpaired) electrons. The number of nitrogens with zero attached hydrogens (tertiary/aromatic N) is 3. The molecule has 2 aromatic heterocycles. The zero-order valence-electron chi connectivity index (χ0n) is 8.15. The van der Waals surface area contributed by atoms with Gasteiger partial charge in [0, 0.05) is 23.1 Å². The highest BCUT2D eigenvalue weighted by atomic mass is 79.9. The summed E-state index contributed by atoms with van der Waals surface area (Å²) in [5, 5.41) is 11.8. The van der Waals surface area contributed by atoms with Gasteiger partial charge in [-0.15, -0.1) is 10.2 Å². The smallest absolute Gasteiger partial charge is 0.161 e. The molecule has 5 heteroatoms. The predicted molar refractivity (Wildman–Crippen MR) is 60.9 cm³/mol. The van der Waals surface area contributed by atoms with Crippen LogP contribution in [0.4, 0.5) is 0 Å². The first-order valence-electron chi connectivity index (χ1n) is 5.05. The minimum Gasteiger partial charge on any atom is -0.316 e. The van der Waals surface area contributed by atoms with Gasteiger partial charge in [-0.3, -0.25) is 4.40 Å². The van der Waals surface area contributed by atoms with Crippen molar-refractivity contribution in [3.05, 3.63) is 28.6 Å². The van der Waals surface area contributed by atoms with Crippen LogP contribution in [0.15, 0.2) is 22.8 Å². The first-order valence-corrected chi connectivity index (χ1v) is 5.85. The molecule has 1 aliphatic heterocycles. The van der Waals surface area contributed by atoms with Crippen molar-refractivity contribution < 1.29 is 0 Å². The highest BCUT2D eigenvalue weighted by Gasteiger charge is 2.21. The van der Waals surface area contributed by atoms with Crippen LogP contribution >= 0.6 is 15.9 Å². The topological polar surface area (TPSA) is 42.2 Å². The Hall–Kier alpha value is -0.940.